The van der Waals surface area contributed by atoms with Crippen molar-refractivity contribution in [3.05, 3.63) is 34.9 Å². The van der Waals surface area contributed by atoms with Crippen LogP contribution in [0.5, 0.6) is 0 Å². The number of alkyl halides is 3. The number of carbonyl (C=O) groups excluding carboxylic acids is 1. The van der Waals surface area contributed by atoms with Crippen molar-refractivity contribution in [1.82, 2.24) is 0 Å². The second-order valence-electron chi connectivity index (χ2n) is 7.88. The van der Waals surface area contributed by atoms with E-state index in [1.165, 1.54) is 6.07 Å². The Morgan fingerprint density at radius 3 is 2.22 bits per heavy atom. The van der Waals surface area contributed by atoms with Crippen molar-refractivity contribution in [3.8, 4) is 0 Å². The predicted octanol–water partition coefficient (Wildman–Crippen LogP) is 4.76. The molecule has 0 unspecified atom stereocenters. The maximum atomic E-state index is 12.7. The Labute approximate surface area is 159 Å². The summed E-state index contributed by atoms with van der Waals surface area (Å²) in [4.78, 5) is 12.6. The van der Waals surface area contributed by atoms with Gasteiger partial charge in [0.25, 0.3) is 0 Å². The molecule has 0 radical (unpaired) electrons. The highest BCUT2D eigenvalue weighted by atomic mass is 32.2. The van der Waals surface area contributed by atoms with E-state index in [1.807, 2.05) is 0 Å². The van der Waals surface area contributed by atoms with Gasteiger partial charge in [0.05, 0.1) is 16.6 Å². The molecule has 0 atom stereocenters. The summed E-state index contributed by atoms with van der Waals surface area (Å²) in [5.74, 6) is 0.158. The number of sulfone groups is 1. The molecule has 1 aliphatic rings. The Bertz CT molecular complexity index is 774. The van der Waals surface area contributed by atoms with E-state index in [9.17, 15) is 26.4 Å². The molecule has 27 heavy (non-hydrogen) atoms. The molecule has 2 rings (SSSR count). The van der Waals surface area contributed by atoms with Gasteiger partial charge in [0, 0.05) is 12.3 Å². The molecular formula is C20H27F3O3S. The number of halogens is 3. The molecule has 1 saturated carbocycles. The Balaban J connectivity index is 1.93. The largest absolute Gasteiger partial charge is 0.416 e. The highest BCUT2D eigenvalue weighted by Gasteiger charge is 2.32. The molecule has 1 aromatic rings. The number of hydrogen-bond acceptors (Lipinski definition) is 3. The summed E-state index contributed by atoms with van der Waals surface area (Å²) in [5, 5.41) is -0.389. The lowest BCUT2D eigenvalue weighted by atomic mass is 9.79. The third-order valence-corrected chi connectivity index (χ3v) is 7.90. The van der Waals surface area contributed by atoms with Gasteiger partial charge < -0.3 is 0 Å². The van der Waals surface area contributed by atoms with Crippen molar-refractivity contribution in [2.75, 3.05) is 5.75 Å². The lowest BCUT2D eigenvalue weighted by molar-refractivity contribution is -0.137. The monoisotopic (exact) mass is 404 g/mol. The fourth-order valence-corrected chi connectivity index (χ4v) is 4.95. The van der Waals surface area contributed by atoms with Crippen molar-refractivity contribution in [3.63, 3.8) is 0 Å². The van der Waals surface area contributed by atoms with E-state index in [0.717, 1.165) is 12.1 Å². The van der Waals surface area contributed by atoms with Gasteiger partial charge in [-0.25, -0.2) is 8.42 Å². The van der Waals surface area contributed by atoms with Gasteiger partial charge in [-0.15, -0.1) is 0 Å². The van der Waals surface area contributed by atoms with Crippen molar-refractivity contribution < 1.29 is 26.4 Å². The number of ketones is 1. The minimum atomic E-state index is -4.39. The van der Waals surface area contributed by atoms with Crippen molar-refractivity contribution in [2.24, 2.45) is 11.8 Å². The second-order valence-corrected chi connectivity index (χ2v) is 10.5. The molecule has 7 heteroatoms. The Morgan fingerprint density at radius 1 is 1.15 bits per heavy atom. The van der Waals surface area contributed by atoms with Crippen LogP contribution in [0.2, 0.25) is 0 Å². The summed E-state index contributed by atoms with van der Waals surface area (Å²) >= 11 is 0. The standard InChI is InChI=1S/C20H27F3O3S/c1-13(2)27(25,26)12-15-4-6-16(7-5-15)19(24)11-17-8-9-18(10-14(17)3)20(21,22)23/h8-10,13,15-16H,4-7,11-12H2,1-3H3. The maximum absolute atomic E-state index is 12.7. The van der Waals surface area contributed by atoms with Crippen LogP contribution in [0.1, 0.15) is 56.2 Å². The smallest absolute Gasteiger partial charge is 0.299 e. The van der Waals surface area contributed by atoms with Gasteiger partial charge in [-0.3, -0.25) is 4.79 Å². The number of aryl methyl sites for hydroxylation is 1. The maximum Gasteiger partial charge on any atom is 0.416 e. The van der Waals surface area contributed by atoms with E-state index in [0.29, 0.717) is 36.8 Å². The molecule has 0 amide bonds. The van der Waals surface area contributed by atoms with Gasteiger partial charge in [-0.05, 0) is 75.6 Å². The zero-order chi connectivity index (χ0) is 20.4. The predicted molar refractivity (Wildman–Crippen MR) is 99.3 cm³/mol. The zero-order valence-electron chi connectivity index (χ0n) is 16.0. The average Bonchev–Trinajstić information content (AvgIpc) is 2.55. The van der Waals surface area contributed by atoms with E-state index in [1.54, 1.807) is 20.8 Å². The fourth-order valence-electron chi connectivity index (χ4n) is 3.57. The molecular weight excluding hydrogens is 377 g/mol. The Kier molecular flexibility index (Phi) is 6.77. The molecule has 1 aromatic carbocycles. The van der Waals surface area contributed by atoms with Gasteiger partial charge >= 0.3 is 6.18 Å². The SMILES string of the molecule is Cc1cc(C(F)(F)F)ccc1CC(=O)C1CCC(CS(=O)(=O)C(C)C)CC1. The normalized spacial score (nSPS) is 21.4. The van der Waals surface area contributed by atoms with Crippen LogP contribution in [0.25, 0.3) is 0 Å². The number of hydrogen-bond donors (Lipinski definition) is 0. The van der Waals surface area contributed by atoms with E-state index >= 15 is 0 Å². The molecule has 0 aliphatic heterocycles. The molecule has 0 bridgehead atoms. The molecule has 0 saturated heterocycles. The number of carbonyl (C=O) groups is 1. The highest BCUT2D eigenvalue weighted by molar-refractivity contribution is 7.91. The third-order valence-electron chi connectivity index (χ3n) is 5.52. The minimum Gasteiger partial charge on any atom is -0.299 e. The van der Waals surface area contributed by atoms with Crippen LogP contribution in [-0.2, 0) is 27.2 Å². The first-order valence-electron chi connectivity index (χ1n) is 9.31. The molecule has 1 aliphatic carbocycles. The van der Waals surface area contributed by atoms with Gasteiger partial charge in [0.15, 0.2) is 9.84 Å². The highest BCUT2D eigenvalue weighted by Crippen LogP contribution is 2.33. The molecule has 152 valence electrons. The lowest BCUT2D eigenvalue weighted by Crippen LogP contribution is -2.29. The number of benzene rings is 1. The quantitative estimate of drug-likeness (QED) is 0.687. The molecule has 0 aromatic heterocycles. The van der Waals surface area contributed by atoms with E-state index in [4.69, 9.17) is 0 Å². The van der Waals surface area contributed by atoms with Crippen LogP contribution in [-0.4, -0.2) is 25.2 Å². The van der Waals surface area contributed by atoms with Crippen LogP contribution >= 0.6 is 0 Å². The Hall–Kier alpha value is -1.37. The summed E-state index contributed by atoms with van der Waals surface area (Å²) in [6, 6.07) is 3.48. The summed E-state index contributed by atoms with van der Waals surface area (Å²) in [7, 11) is -3.08. The van der Waals surface area contributed by atoms with E-state index < -0.39 is 21.6 Å². The van der Waals surface area contributed by atoms with E-state index in [2.05, 4.69) is 0 Å². The third kappa shape index (κ3) is 5.80. The molecule has 1 fully saturated rings. The van der Waals surface area contributed by atoms with Crippen LogP contribution in [0.4, 0.5) is 13.2 Å². The summed E-state index contributed by atoms with van der Waals surface area (Å²) in [5.41, 5.74) is 0.385. The van der Waals surface area contributed by atoms with Crippen LogP contribution in [0.15, 0.2) is 18.2 Å². The van der Waals surface area contributed by atoms with Gasteiger partial charge in [-0.1, -0.05) is 6.07 Å². The first-order valence-corrected chi connectivity index (χ1v) is 11.0. The zero-order valence-corrected chi connectivity index (χ0v) is 16.8. The average molecular weight is 404 g/mol. The summed E-state index contributed by atoms with van der Waals surface area (Å²) in [6.45, 7) is 4.94. The van der Waals surface area contributed by atoms with Crippen LogP contribution in [0, 0.1) is 18.8 Å². The summed E-state index contributed by atoms with van der Waals surface area (Å²) in [6.07, 6.45) is -1.55. The second kappa shape index (κ2) is 8.33. The molecule has 3 nitrogen and oxygen atoms in total. The van der Waals surface area contributed by atoms with E-state index in [-0.39, 0.29) is 35.0 Å². The molecule has 0 heterocycles. The number of rotatable bonds is 6. The van der Waals surface area contributed by atoms with Gasteiger partial charge in [0.2, 0.25) is 0 Å². The minimum absolute atomic E-state index is 0.0306. The fraction of sp³-hybridized carbons (Fsp3) is 0.650. The van der Waals surface area contributed by atoms with Crippen molar-refractivity contribution in [2.45, 2.75) is 64.3 Å². The first kappa shape index (κ1) is 21.9. The van der Waals surface area contributed by atoms with Gasteiger partial charge in [0.1, 0.15) is 5.78 Å². The van der Waals surface area contributed by atoms with Crippen molar-refractivity contribution >= 4 is 15.6 Å². The topological polar surface area (TPSA) is 51.2 Å². The Morgan fingerprint density at radius 2 is 1.74 bits per heavy atom. The van der Waals surface area contributed by atoms with Gasteiger partial charge in [-0.2, -0.15) is 13.2 Å². The molecule has 0 spiro atoms. The number of Topliss-reactive ketones (excluding diaryl/α,β-unsaturated/α-hetero) is 1. The van der Waals surface area contributed by atoms with Crippen LogP contribution in [0.3, 0.4) is 0 Å². The summed E-state index contributed by atoms with van der Waals surface area (Å²) < 4.78 is 62.3. The van der Waals surface area contributed by atoms with Crippen LogP contribution < -0.4 is 0 Å². The lowest BCUT2D eigenvalue weighted by Gasteiger charge is -2.28. The van der Waals surface area contributed by atoms with Crippen molar-refractivity contribution in [1.29, 1.82) is 0 Å². The first-order chi connectivity index (χ1) is 12.4. The molecule has 0 N–H and O–H groups in total.